The van der Waals surface area contributed by atoms with Crippen LogP contribution in [0, 0.1) is 0 Å². The first-order valence-corrected chi connectivity index (χ1v) is 6.13. The lowest BCUT2D eigenvalue weighted by Gasteiger charge is -2.07. The van der Waals surface area contributed by atoms with E-state index in [1.54, 1.807) is 24.3 Å². The van der Waals surface area contributed by atoms with E-state index in [9.17, 15) is 5.11 Å². The van der Waals surface area contributed by atoms with Crippen molar-refractivity contribution < 1.29 is 5.11 Å². The summed E-state index contributed by atoms with van der Waals surface area (Å²) in [5.74, 6) is -0.0692. The summed E-state index contributed by atoms with van der Waals surface area (Å²) in [6.45, 7) is 0. The Bertz CT molecular complexity index is 558. The van der Waals surface area contributed by atoms with Crippen molar-refractivity contribution in [2.45, 2.75) is 0 Å². The maximum Gasteiger partial charge on any atom is 0.136 e. The molecule has 0 aliphatic carbocycles. The van der Waals surface area contributed by atoms with Gasteiger partial charge in [0.1, 0.15) is 10.8 Å². The molecule has 0 spiro atoms. The van der Waals surface area contributed by atoms with E-state index in [0.717, 1.165) is 11.1 Å². The number of halogens is 4. The summed E-state index contributed by atoms with van der Waals surface area (Å²) in [5, 5.41) is 10.9. The van der Waals surface area contributed by atoms with Gasteiger partial charge in [0.05, 0.1) is 15.1 Å². The Labute approximate surface area is 118 Å². The molecule has 0 bridgehead atoms. The summed E-state index contributed by atoms with van der Waals surface area (Å²) in [4.78, 5) is 0. The third-order valence-corrected chi connectivity index (χ3v) is 3.79. The molecule has 1 nitrogen and oxygen atoms in total. The highest BCUT2D eigenvalue weighted by Crippen LogP contribution is 2.37. The van der Waals surface area contributed by atoms with Crippen LogP contribution in [0.5, 0.6) is 5.75 Å². The number of benzene rings is 2. The maximum absolute atomic E-state index is 9.59. The van der Waals surface area contributed by atoms with E-state index in [-0.39, 0.29) is 15.8 Å². The van der Waals surface area contributed by atoms with Gasteiger partial charge in [-0.25, -0.2) is 0 Å². The molecule has 0 unspecified atom stereocenters. The first-order valence-electron chi connectivity index (χ1n) is 4.62. The van der Waals surface area contributed by atoms with Gasteiger partial charge in [0, 0.05) is 0 Å². The van der Waals surface area contributed by atoms with E-state index < -0.39 is 0 Å². The van der Waals surface area contributed by atoms with Crippen LogP contribution >= 0.6 is 46.4 Å². The molecule has 2 aromatic carbocycles. The highest BCUT2D eigenvalue weighted by molar-refractivity contribution is 6.43. The molecule has 0 aliphatic rings. The second-order valence-corrected chi connectivity index (χ2v) is 5.02. The molecule has 0 aliphatic heterocycles. The van der Waals surface area contributed by atoms with Gasteiger partial charge in [0.2, 0.25) is 0 Å². The minimum Gasteiger partial charge on any atom is -0.506 e. The van der Waals surface area contributed by atoms with Gasteiger partial charge >= 0.3 is 0 Å². The summed E-state index contributed by atoms with van der Waals surface area (Å²) in [5.41, 5.74) is 1.52. The van der Waals surface area contributed by atoms with Crippen LogP contribution in [-0.4, -0.2) is 5.11 Å². The van der Waals surface area contributed by atoms with Gasteiger partial charge in [-0.1, -0.05) is 52.5 Å². The van der Waals surface area contributed by atoms with Gasteiger partial charge in [0.15, 0.2) is 0 Å². The molecule has 0 heterocycles. The summed E-state index contributed by atoms with van der Waals surface area (Å²) in [6, 6.07) is 8.34. The number of hydrogen-bond acceptors (Lipinski definition) is 1. The quantitative estimate of drug-likeness (QED) is 0.719. The predicted octanol–water partition coefficient (Wildman–Crippen LogP) is 5.67. The maximum atomic E-state index is 9.59. The van der Waals surface area contributed by atoms with E-state index >= 15 is 0 Å². The zero-order valence-corrected chi connectivity index (χ0v) is 11.4. The first kappa shape index (κ1) is 12.8. The van der Waals surface area contributed by atoms with Crippen molar-refractivity contribution in [3.63, 3.8) is 0 Å². The molecule has 88 valence electrons. The summed E-state index contributed by atoms with van der Waals surface area (Å²) >= 11 is 23.4. The highest BCUT2D eigenvalue weighted by atomic mass is 35.5. The number of hydrogen-bond donors (Lipinski definition) is 1. The van der Waals surface area contributed by atoms with E-state index in [4.69, 9.17) is 46.4 Å². The van der Waals surface area contributed by atoms with Crippen molar-refractivity contribution in [2.24, 2.45) is 0 Å². The normalized spacial score (nSPS) is 10.6. The zero-order valence-electron chi connectivity index (χ0n) is 8.35. The average Bonchev–Trinajstić information content (AvgIpc) is 2.29. The Balaban J connectivity index is 2.57. The van der Waals surface area contributed by atoms with Crippen molar-refractivity contribution >= 4 is 46.4 Å². The lowest BCUT2D eigenvalue weighted by Crippen LogP contribution is -1.81. The largest absolute Gasteiger partial charge is 0.506 e. The second kappa shape index (κ2) is 4.95. The van der Waals surface area contributed by atoms with E-state index in [1.165, 1.54) is 6.07 Å². The van der Waals surface area contributed by atoms with Crippen LogP contribution in [-0.2, 0) is 0 Å². The Morgan fingerprint density at radius 3 is 1.94 bits per heavy atom. The van der Waals surface area contributed by atoms with Crippen molar-refractivity contribution in [3.8, 4) is 16.9 Å². The molecule has 2 rings (SSSR count). The molecular formula is C12H6Cl4O. The van der Waals surface area contributed by atoms with Gasteiger partial charge in [-0.2, -0.15) is 0 Å². The molecule has 17 heavy (non-hydrogen) atoms. The number of phenols is 1. The van der Waals surface area contributed by atoms with Crippen molar-refractivity contribution in [1.82, 2.24) is 0 Å². The van der Waals surface area contributed by atoms with Gasteiger partial charge in [0.25, 0.3) is 0 Å². The van der Waals surface area contributed by atoms with Crippen LogP contribution in [0.1, 0.15) is 0 Å². The van der Waals surface area contributed by atoms with Crippen LogP contribution in [0.3, 0.4) is 0 Å². The van der Waals surface area contributed by atoms with Crippen LogP contribution in [0.15, 0.2) is 30.3 Å². The van der Waals surface area contributed by atoms with E-state index in [1.807, 2.05) is 0 Å². The fourth-order valence-electron chi connectivity index (χ4n) is 1.42. The molecule has 0 aromatic heterocycles. The monoisotopic (exact) mass is 306 g/mol. The van der Waals surface area contributed by atoms with Crippen LogP contribution in [0.25, 0.3) is 11.1 Å². The van der Waals surface area contributed by atoms with Crippen LogP contribution < -0.4 is 0 Å². The Hall–Kier alpha value is -0.600. The van der Waals surface area contributed by atoms with Crippen molar-refractivity contribution in [1.29, 1.82) is 0 Å². The smallest absolute Gasteiger partial charge is 0.136 e. The predicted molar refractivity (Wildman–Crippen MR) is 73.6 cm³/mol. The molecule has 0 fully saturated rings. The number of rotatable bonds is 1. The molecule has 0 saturated heterocycles. The SMILES string of the molecule is Oc1cc(-c2ccc(Cl)c(Cl)c2)cc(Cl)c1Cl. The van der Waals surface area contributed by atoms with Gasteiger partial charge in [-0.15, -0.1) is 0 Å². The Kier molecular flexibility index (Phi) is 3.74. The Morgan fingerprint density at radius 1 is 0.706 bits per heavy atom. The standard InChI is InChI=1S/C12H6Cl4O/c13-8-2-1-6(3-9(8)14)7-4-10(15)12(16)11(17)5-7/h1-5,17H. The molecule has 1 N–H and O–H groups in total. The topological polar surface area (TPSA) is 20.2 Å². The lowest BCUT2D eigenvalue weighted by atomic mass is 10.1. The summed E-state index contributed by atoms with van der Waals surface area (Å²) in [7, 11) is 0. The molecule has 5 heteroatoms. The van der Waals surface area contributed by atoms with Gasteiger partial charge in [-0.05, 0) is 35.4 Å². The van der Waals surface area contributed by atoms with Crippen molar-refractivity contribution in [2.75, 3.05) is 0 Å². The van der Waals surface area contributed by atoms with Crippen molar-refractivity contribution in [3.05, 3.63) is 50.4 Å². The minimum absolute atomic E-state index is 0.0692. The summed E-state index contributed by atoms with van der Waals surface area (Å²) in [6.07, 6.45) is 0. The first-order chi connectivity index (χ1) is 7.99. The molecule has 0 radical (unpaired) electrons. The van der Waals surface area contributed by atoms with Crippen LogP contribution in [0.4, 0.5) is 0 Å². The fraction of sp³-hybridized carbons (Fsp3) is 0. The lowest BCUT2D eigenvalue weighted by molar-refractivity contribution is 0.476. The zero-order chi connectivity index (χ0) is 12.6. The third-order valence-electron chi connectivity index (χ3n) is 2.26. The summed E-state index contributed by atoms with van der Waals surface area (Å²) < 4.78 is 0. The second-order valence-electron chi connectivity index (χ2n) is 3.42. The minimum atomic E-state index is -0.0692. The molecular weight excluding hydrogens is 302 g/mol. The van der Waals surface area contributed by atoms with Crippen LogP contribution in [0.2, 0.25) is 20.1 Å². The number of phenolic OH excluding ortho intramolecular Hbond substituents is 1. The number of aromatic hydroxyl groups is 1. The van der Waals surface area contributed by atoms with E-state index in [2.05, 4.69) is 0 Å². The Morgan fingerprint density at radius 2 is 1.35 bits per heavy atom. The molecule has 2 aromatic rings. The molecule has 0 atom stereocenters. The van der Waals surface area contributed by atoms with Gasteiger partial charge in [-0.3, -0.25) is 0 Å². The third kappa shape index (κ3) is 2.63. The average molecular weight is 308 g/mol. The molecule has 0 saturated carbocycles. The molecule has 0 amide bonds. The van der Waals surface area contributed by atoms with E-state index in [0.29, 0.717) is 10.0 Å². The van der Waals surface area contributed by atoms with Gasteiger partial charge < -0.3 is 5.11 Å². The highest BCUT2D eigenvalue weighted by Gasteiger charge is 2.09. The fourth-order valence-corrected chi connectivity index (χ4v) is 2.04.